The van der Waals surface area contributed by atoms with Crippen molar-refractivity contribution in [1.82, 2.24) is 15.2 Å². The highest BCUT2D eigenvalue weighted by Crippen LogP contribution is 2.33. The number of para-hydroxylation sites is 1. The molecule has 0 unspecified atom stereocenters. The predicted octanol–water partition coefficient (Wildman–Crippen LogP) is 6.45. The molecule has 0 radical (unpaired) electrons. The van der Waals surface area contributed by atoms with Gasteiger partial charge in [0.15, 0.2) is 0 Å². The summed E-state index contributed by atoms with van der Waals surface area (Å²) in [5, 5.41) is 20.9. The fourth-order valence-corrected chi connectivity index (χ4v) is 4.57. The van der Waals surface area contributed by atoms with Crippen LogP contribution in [-0.4, -0.2) is 21.1 Å². The van der Waals surface area contributed by atoms with Crippen molar-refractivity contribution in [3.63, 3.8) is 0 Å². The molecule has 0 saturated heterocycles. The van der Waals surface area contributed by atoms with Crippen molar-refractivity contribution < 1.29 is 9.53 Å². The number of pyridine rings is 1. The number of anilines is 1. The molecule has 182 valence electrons. The number of halogens is 1. The highest BCUT2D eigenvalue weighted by molar-refractivity contribution is 7.13. The van der Waals surface area contributed by atoms with Crippen molar-refractivity contribution in [2.24, 2.45) is 0 Å². The molecule has 0 spiro atoms. The van der Waals surface area contributed by atoms with E-state index in [1.54, 1.807) is 17.7 Å². The molecular formula is C28H20ClN5O2S. The van der Waals surface area contributed by atoms with Crippen molar-refractivity contribution in [1.29, 1.82) is 5.26 Å². The second-order valence-electron chi connectivity index (χ2n) is 8.19. The number of nitrogens with one attached hydrogen (secondary N) is 1. The second kappa shape index (κ2) is 11.2. The van der Waals surface area contributed by atoms with Gasteiger partial charge in [0.05, 0.1) is 22.0 Å². The molecule has 0 bridgehead atoms. The number of carbonyl (C=O) groups excluding carboxylic acids is 1. The monoisotopic (exact) mass is 525 g/mol. The zero-order chi connectivity index (χ0) is 25.6. The topological polar surface area (TPSA) is 101 Å². The number of hydrogen-bond acceptors (Lipinski definition) is 7. The average molecular weight is 526 g/mol. The van der Waals surface area contributed by atoms with Crippen LogP contribution in [0.4, 0.5) is 5.13 Å². The Hall–Kier alpha value is -4.32. The standard InChI is InChI=1S/C28H20ClN5O2S/c29-24-14-25(20-5-4-6-21(13-20)27(35)33-28-34-31-17-37-28)32-26(23(24)15-30)19-11-9-18(10-12-19)16-36-22-7-2-1-3-8-22/h1-3,6-14,17H,4-5,16H2,(H,33,34,35). The third kappa shape index (κ3) is 5.75. The molecule has 0 atom stereocenters. The number of nitriles is 1. The summed E-state index contributed by atoms with van der Waals surface area (Å²) in [5.74, 6) is 0.535. The third-order valence-corrected chi connectivity index (χ3v) is 6.64. The zero-order valence-corrected chi connectivity index (χ0v) is 21.1. The van der Waals surface area contributed by atoms with Crippen LogP contribution in [0.25, 0.3) is 16.8 Å². The van der Waals surface area contributed by atoms with Crippen LogP contribution in [0.3, 0.4) is 0 Å². The quantitative estimate of drug-likeness (QED) is 0.297. The lowest BCUT2D eigenvalue weighted by atomic mass is 9.95. The maximum absolute atomic E-state index is 12.7. The normalized spacial score (nSPS) is 12.8. The molecule has 5 rings (SSSR count). The molecular weight excluding hydrogens is 506 g/mol. The van der Waals surface area contributed by atoms with Gasteiger partial charge in [-0.1, -0.05) is 71.5 Å². The average Bonchev–Trinajstić information content (AvgIpc) is 3.45. The number of amides is 1. The van der Waals surface area contributed by atoms with Gasteiger partial charge in [-0.25, -0.2) is 4.98 Å². The second-order valence-corrected chi connectivity index (χ2v) is 9.43. The Kier molecular flexibility index (Phi) is 7.36. The third-order valence-electron chi connectivity index (χ3n) is 5.74. The Morgan fingerprint density at radius 2 is 1.97 bits per heavy atom. The van der Waals surface area contributed by atoms with Crippen LogP contribution in [0, 0.1) is 11.3 Å². The van der Waals surface area contributed by atoms with E-state index in [0.717, 1.165) is 22.4 Å². The molecule has 37 heavy (non-hydrogen) atoms. The fourth-order valence-electron chi connectivity index (χ4n) is 3.89. The van der Waals surface area contributed by atoms with Gasteiger partial charge in [-0.15, -0.1) is 10.2 Å². The van der Waals surface area contributed by atoms with Crippen LogP contribution in [0.1, 0.15) is 29.7 Å². The smallest absolute Gasteiger partial charge is 0.257 e. The molecule has 1 N–H and O–H groups in total. The van der Waals surface area contributed by atoms with Gasteiger partial charge in [0, 0.05) is 11.1 Å². The summed E-state index contributed by atoms with van der Waals surface area (Å²) in [6.07, 6.45) is 5.05. The molecule has 1 amide bonds. The van der Waals surface area contributed by atoms with Gasteiger partial charge in [-0.3, -0.25) is 10.1 Å². The molecule has 9 heteroatoms. The van der Waals surface area contributed by atoms with Crippen LogP contribution in [0.5, 0.6) is 5.75 Å². The fraction of sp³-hybridized carbons (Fsp3) is 0.107. The summed E-state index contributed by atoms with van der Waals surface area (Å²) in [4.78, 5) is 17.5. The predicted molar refractivity (Wildman–Crippen MR) is 144 cm³/mol. The molecule has 2 aromatic carbocycles. The number of rotatable bonds is 7. The molecule has 0 saturated carbocycles. The van der Waals surface area contributed by atoms with E-state index >= 15 is 0 Å². The van der Waals surface area contributed by atoms with Gasteiger partial charge in [-0.2, -0.15) is 5.26 Å². The number of carbonyl (C=O) groups is 1. The molecule has 1 aliphatic rings. The first kappa shape index (κ1) is 24.4. The maximum Gasteiger partial charge on any atom is 0.257 e. The zero-order valence-electron chi connectivity index (χ0n) is 19.5. The van der Waals surface area contributed by atoms with Crippen LogP contribution in [0.15, 0.2) is 83.9 Å². The number of hydrogen-bond donors (Lipinski definition) is 1. The van der Waals surface area contributed by atoms with Crippen molar-refractivity contribution in [3.05, 3.63) is 106 Å². The number of benzene rings is 2. The maximum atomic E-state index is 12.7. The molecule has 0 fully saturated rings. The van der Waals surface area contributed by atoms with Gasteiger partial charge in [-0.05, 0) is 48.3 Å². The van der Waals surface area contributed by atoms with Gasteiger partial charge < -0.3 is 4.74 Å². The number of ether oxygens (including phenoxy) is 1. The number of allylic oxidation sites excluding steroid dienone is 2. The van der Waals surface area contributed by atoms with Gasteiger partial charge >= 0.3 is 0 Å². The Morgan fingerprint density at radius 3 is 2.70 bits per heavy atom. The minimum atomic E-state index is -0.262. The minimum absolute atomic E-state index is 0.262. The van der Waals surface area contributed by atoms with Gasteiger partial charge in [0.2, 0.25) is 5.13 Å². The van der Waals surface area contributed by atoms with Crippen LogP contribution < -0.4 is 10.1 Å². The van der Waals surface area contributed by atoms with Crippen molar-refractivity contribution in [2.75, 3.05) is 5.32 Å². The van der Waals surface area contributed by atoms with E-state index in [2.05, 4.69) is 21.6 Å². The van der Waals surface area contributed by atoms with Crippen LogP contribution in [0.2, 0.25) is 5.02 Å². The van der Waals surface area contributed by atoms with Crippen molar-refractivity contribution in [2.45, 2.75) is 19.4 Å². The largest absolute Gasteiger partial charge is 0.489 e. The summed E-state index contributed by atoms with van der Waals surface area (Å²) in [5.41, 5.74) is 6.12. The van der Waals surface area contributed by atoms with Gasteiger partial charge in [0.1, 0.15) is 23.9 Å². The van der Waals surface area contributed by atoms with Crippen molar-refractivity contribution >= 4 is 39.5 Å². The Balaban J connectivity index is 1.39. The molecule has 2 heterocycles. The summed E-state index contributed by atoms with van der Waals surface area (Å²) >= 11 is 7.78. The summed E-state index contributed by atoms with van der Waals surface area (Å²) < 4.78 is 5.82. The highest BCUT2D eigenvalue weighted by atomic mass is 35.5. The summed E-state index contributed by atoms with van der Waals surface area (Å²) in [6, 6.07) is 21.2. The molecule has 7 nitrogen and oxygen atoms in total. The van der Waals surface area contributed by atoms with E-state index in [0.29, 0.717) is 52.1 Å². The van der Waals surface area contributed by atoms with E-state index < -0.39 is 0 Å². The van der Waals surface area contributed by atoms with E-state index in [1.807, 2.05) is 60.7 Å². The first-order valence-corrected chi connectivity index (χ1v) is 12.7. The Morgan fingerprint density at radius 1 is 1.16 bits per heavy atom. The molecule has 2 aromatic heterocycles. The van der Waals surface area contributed by atoms with E-state index in [1.165, 1.54) is 11.3 Å². The Labute approximate surface area is 222 Å². The van der Waals surface area contributed by atoms with Crippen LogP contribution >= 0.6 is 22.9 Å². The van der Waals surface area contributed by atoms with Crippen LogP contribution in [-0.2, 0) is 11.4 Å². The lowest BCUT2D eigenvalue weighted by Gasteiger charge is -2.15. The van der Waals surface area contributed by atoms with E-state index in [9.17, 15) is 10.1 Å². The van der Waals surface area contributed by atoms with Gasteiger partial charge in [0.25, 0.3) is 5.91 Å². The Bertz CT molecular complexity index is 1530. The lowest BCUT2D eigenvalue weighted by Crippen LogP contribution is -2.15. The summed E-state index contributed by atoms with van der Waals surface area (Å²) in [6.45, 7) is 0.421. The highest BCUT2D eigenvalue weighted by Gasteiger charge is 2.19. The molecule has 4 aromatic rings. The van der Waals surface area contributed by atoms with E-state index in [4.69, 9.17) is 21.3 Å². The number of aromatic nitrogens is 3. The lowest BCUT2D eigenvalue weighted by molar-refractivity contribution is -0.112. The number of nitrogens with zero attached hydrogens (tertiary/aromatic N) is 4. The van der Waals surface area contributed by atoms with E-state index in [-0.39, 0.29) is 5.91 Å². The first-order valence-electron chi connectivity index (χ1n) is 11.5. The SMILES string of the molecule is N#Cc1c(Cl)cc(C2=CC(C(=O)Nc3nncs3)=CCC2)nc1-c1ccc(COc2ccccc2)cc1. The molecule has 1 aliphatic carbocycles. The first-order chi connectivity index (χ1) is 18.1. The minimum Gasteiger partial charge on any atom is -0.489 e. The van der Waals surface area contributed by atoms with Crippen molar-refractivity contribution in [3.8, 4) is 23.1 Å². The molecule has 0 aliphatic heterocycles. The summed E-state index contributed by atoms with van der Waals surface area (Å²) in [7, 11) is 0.